The summed E-state index contributed by atoms with van der Waals surface area (Å²) >= 11 is 3.18. The van der Waals surface area contributed by atoms with Gasteiger partial charge in [0.2, 0.25) is 0 Å². The fourth-order valence-corrected chi connectivity index (χ4v) is 1.64. The minimum atomic E-state index is -0.781. The number of rotatable bonds is 2. The van der Waals surface area contributed by atoms with E-state index in [1.54, 1.807) is 6.08 Å². The van der Waals surface area contributed by atoms with Gasteiger partial charge in [-0.15, -0.1) is 0 Å². The van der Waals surface area contributed by atoms with E-state index in [-0.39, 0.29) is 0 Å². The van der Waals surface area contributed by atoms with Crippen molar-refractivity contribution in [2.24, 2.45) is 0 Å². The zero-order valence-electron chi connectivity index (χ0n) is 7.00. The quantitative estimate of drug-likeness (QED) is 0.762. The molecule has 2 nitrogen and oxygen atoms in total. The minimum Gasteiger partial charge on any atom is -0.386 e. The highest BCUT2D eigenvalue weighted by Crippen LogP contribution is 2.26. The summed E-state index contributed by atoms with van der Waals surface area (Å²) in [6, 6.07) is 0. The van der Waals surface area contributed by atoms with Gasteiger partial charge in [0, 0.05) is 4.48 Å². The van der Waals surface area contributed by atoms with Crippen molar-refractivity contribution in [2.45, 2.75) is 32.0 Å². The monoisotopic (exact) mass is 232 g/mol. The Balaban J connectivity index is 2.75. The molecule has 0 aromatic heterocycles. The zero-order valence-corrected chi connectivity index (χ0v) is 8.58. The Bertz CT molecular complexity index is 221. The maximum absolute atomic E-state index is 9.55. The van der Waals surface area contributed by atoms with Gasteiger partial charge in [0.1, 0.15) is 12.2 Å². The average Bonchev–Trinajstić information content (AvgIpc) is 2.07. The molecule has 0 spiro atoms. The molecule has 3 heteroatoms. The molecule has 2 N–H and O–H groups in total. The molecule has 0 saturated carbocycles. The molecule has 0 aromatic rings. The summed E-state index contributed by atoms with van der Waals surface area (Å²) in [6.07, 6.45) is 3.98. The number of hydrogen-bond donors (Lipinski definition) is 2. The Kier molecular flexibility index (Phi) is 3.50. The van der Waals surface area contributed by atoms with E-state index < -0.39 is 12.2 Å². The van der Waals surface area contributed by atoms with E-state index in [9.17, 15) is 10.2 Å². The molecule has 68 valence electrons. The summed E-state index contributed by atoms with van der Waals surface area (Å²) in [4.78, 5) is 0. The second-order valence-electron chi connectivity index (χ2n) is 2.93. The standard InChI is InChI=1S/C9H13BrO2/c1-2-3-6-4-5-7(10)9(12)8(6)11/h4-5,8-9,11-12H,2-3H2,1H3/t8-,9+/m1/s1. The van der Waals surface area contributed by atoms with E-state index in [1.807, 2.05) is 13.0 Å². The van der Waals surface area contributed by atoms with Crippen molar-refractivity contribution in [1.82, 2.24) is 0 Å². The van der Waals surface area contributed by atoms with Crippen LogP contribution >= 0.6 is 15.9 Å². The highest BCUT2D eigenvalue weighted by Gasteiger charge is 2.24. The van der Waals surface area contributed by atoms with Crippen LogP contribution in [0.5, 0.6) is 0 Å². The van der Waals surface area contributed by atoms with Crippen molar-refractivity contribution in [3.63, 3.8) is 0 Å². The lowest BCUT2D eigenvalue weighted by Crippen LogP contribution is -2.30. The van der Waals surface area contributed by atoms with Crippen molar-refractivity contribution in [3.8, 4) is 0 Å². The van der Waals surface area contributed by atoms with Crippen LogP contribution in [0, 0.1) is 0 Å². The van der Waals surface area contributed by atoms with Crippen LogP contribution < -0.4 is 0 Å². The summed E-state index contributed by atoms with van der Waals surface area (Å²) in [6.45, 7) is 2.05. The van der Waals surface area contributed by atoms with Gasteiger partial charge in [-0.1, -0.05) is 35.4 Å². The SMILES string of the molecule is CCCC1=CC=C(Br)[C@H](O)[C@@H]1O. The molecule has 0 fully saturated rings. The Morgan fingerprint density at radius 1 is 1.33 bits per heavy atom. The zero-order chi connectivity index (χ0) is 9.14. The first-order chi connectivity index (χ1) is 5.66. The molecule has 1 rings (SSSR count). The lowest BCUT2D eigenvalue weighted by atomic mass is 9.96. The third-order valence-electron chi connectivity index (χ3n) is 1.96. The molecule has 2 atom stereocenters. The van der Waals surface area contributed by atoms with Crippen molar-refractivity contribution in [1.29, 1.82) is 0 Å². The largest absolute Gasteiger partial charge is 0.386 e. The van der Waals surface area contributed by atoms with Crippen LogP contribution in [-0.2, 0) is 0 Å². The smallest absolute Gasteiger partial charge is 0.115 e. The molecule has 0 amide bonds. The first-order valence-electron chi connectivity index (χ1n) is 4.09. The van der Waals surface area contributed by atoms with Gasteiger partial charge in [0.15, 0.2) is 0 Å². The molecule has 1 aliphatic carbocycles. The molecule has 0 aromatic carbocycles. The Morgan fingerprint density at radius 3 is 2.58 bits per heavy atom. The van der Waals surface area contributed by atoms with Gasteiger partial charge in [-0.25, -0.2) is 0 Å². The third kappa shape index (κ3) is 1.97. The Labute approximate surface area is 80.7 Å². The fraction of sp³-hybridized carbons (Fsp3) is 0.556. The average molecular weight is 233 g/mol. The molecule has 0 bridgehead atoms. The molecule has 0 radical (unpaired) electrons. The number of aliphatic hydroxyl groups is 2. The minimum absolute atomic E-state index is 0.648. The fourth-order valence-electron chi connectivity index (χ4n) is 1.26. The number of hydrogen-bond acceptors (Lipinski definition) is 2. The Hall–Kier alpha value is -0.120. The van der Waals surface area contributed by atoms with E-state index in [0.29, 0.717) is 4.48 Å². The van der Waals surface area contributed by atoms with Crippen LogP contribution in [0.15, 0.2) is 22.2 Å². The highest BCUT2D eigenvalue weighted by atomic mass is 79.9. The van der Waals surface area contributed by atoms with Crippen LogP contribution in [0.3, 0.4) is 0 Å². The van der Waals surface area contributed by atoms with Gasteiger partial charge < -0.3 is 10.2 Å². The van der Waals surface area contributed by atoms with Gasteiger partial charge in [-0.2, -0.15) is 0 Å². The van der Waals surface area contributed by atoms with Crippen molar-refractivity contribution >= 4 is 15.9 Å². The van der Waals surface area contributed by atoms with Crippen molar-refractivity contribution in [2.75, 3.05) is 0 Å². The normalized spacial score (nSPS) is 29.7. The first kappa shape index (κ1) is 9.96. The van der Waals surface area contributed by atoms with E-state index in [4.69, 9.17) is 0 Å². The molecule has 0 aliphatic heterocycles. The first-order valence-corrected chi connectivity index (χ1v) is 4.88. The second kappa shape index (κ2) is 4.21. The lowest BCUT2D eigenvalue weighted by Gasteiger charge is -2.23. The van der Waals surface area contributed by atoms with E-state index >= 15 is 0 Å². The lowest BCUT2D eigenvalue weighted by molar-refractivity contribution is 0.0673. The molecular formula is C9H13BrO2. The predicted octanol–water partition coefficient (Wildman–Crippen LogP) is 1.73. The van der Waals surface area contributed by atoms with Gasteiger partial charge in [-0.3, -0.25) is 0 Å². The van der Waals surface area contributed by atoms with Gasteiger partial charge in [0.25, 0.3) is 0 Å². The topological polar surface area (TPSA) is 40.5 Å². The van der Waals surface area contributed by atoms with Crippen LogP contribution in [-0.4, -0.2) is 22.4 Å². The maximum atomic E-state index is 9.55. The van der Waals surface area contributed by atoms with Crippen LogP contribution in [0.2, 0.25) is 0 Å². The van der Waals surface area contributed by atoms with Crippen LogP contribution in [0.25, 0.3) is 0 Å². The van der Waals surface area contributed by atoms with E-state index in [2.05, 4.69) is 15.9 Å². The number of aliphatic hydroxyl groups excluding tert-OH is 2. The van der Waals surface area contributed by atoms with E-state index in [1.165, 1.54) is 0 Å². The molecule has 0 saturated heterocycles. The van der Waals surface area contributed by atoms with E-state index in [0.717, 1.165) is 18.4 Å². The highest BCUT2D eigenvalue weighted by molar-refractivity contribution is 9.11. The second-order valence-corrected chi connectivity index (χ2v) is 3.85. The molecule has 0 unspecified atom stereocenters. The van der Waals surface area contributed by atoms with Gasteiger partial charge in [-0.05, 0) is 18.1 Å². The Morgan fingerprint density at radius 2 is 2.00 bits per heavy atom. The number of allylic oxidation sites excluding steroid dienone is 2. The summed E-state index contributed by atoms with van der Waals surface area (Å²) < 4.78 is 0.648. The third-order valence-corrected chi connectivity index (χ3v) is 2.69. The van der Waals surface area contributed by atoms with Crippen LogP contribution in [0.1, 0.15) is 19.8 Å². The summed E-state index contributed by atoms with van der Waals surface area (Å²) in [5.41, 5.74) is 0.910. The van der Waals surface area contributed by atoms with Crippen molar-refractivity contribution in [3.05, 3.63) is 22.2 Å². The summed E-state index contributed by atoms with van der Waals surface area (Å²) in [5, 5.41) is 19.0. The number of halogens is 1. The summed E-state index contributed by atoms with van der Waals surface area (Å²) in [5.74, 6) is 0. The van der Waals surface area contributed by atoms with Crippen LogP contribution in [0.4, 0.5) is 0 Å². The maximum Gasteiger partial charge on any atom is 0.115 e. The predicted molar refractivity (Wildman–Crippen MR) is 52.0 cm³/mol. The molecule has 0 heterocycles. The van der Waals surface area contributed by atoms with Gasteiger partial charge >= 0.3 is 0 Å². The van der Waals surface area contributed by atoms with Crippen molar-refractivity contribution < 1.29 is 10.2 Å². The molecule has 12 heavy (non-hydrogen) atoms. The molecule has 1 aliphatic rings. The molecular weight excluding hydrogens is 220 g/mol. The summed E-state index contributed by atoms with van der Waals surface area (Å²) in [7, 11) is 0. The van der Waals surface area contributed by atoms with Gasteiger partial charge in [0.05, 0.1) is 0 Å².